The molecule has 0 bridgehead atoms. The zero-order valence-electron chi connectivity index (χ0n) is 12.1. The summed E-state index contributed by atoms with van der Waals surface area (Å²) in [6, 6.07) is 2.83. The van der Waals surface area contributed by atoms with Crippen LogP contribution in [0.2, 0.25) is 0 Å². The summed E-state index contributed by atoms with van der Waals surface area (Å²) in [4.78, 5) is 0. The van der Waals surface area contributed by atoms with Crippen molar-refractivity contribution in [2.24, 2.45) is 0 Å². The van der Waals surface area contributed by atoms with E-state index in [4.69, 9.17) is 19.9 Å². The summed E-state index contributed by atoms with van der Waals surface area (Å²) in [7, 11) is 3.15. The normalized spacial score (nSPS) is 10.6. The van der Waals surface area contributed by atoms with Gasteiger partial charge in [0.15, 0.2) is 0 Å². The van der Waals surface area contributed by atoms with Crippen LogP contribution in [0.3, 0.4) is 0 Å². The quantitative estimate of drug-likeness (QED) is 0.510. The first-order valence-corrected chi connectivity index (χ1v) is 6.62. The molecular formula is C14H23FN2O3. The molecule has 0 unspecified atom stereocenters. The standard InChI is InChI=1S/C14H23FN2O3/c1-18-7-8-20-6-4-3-5-17-13-10-14(19-2)12(16)9-11(13)15/h9-10,17H,3-8,16H2,1-2H3. The maximum absolute atomic E-state index is 13.6. The molecule has 114 valence electrons. The lowest BCUT2D eigenvalue weighted by molar-refractivity contribution is 0.0691. The van der Waals surface area contributed by atoms with Gasteiger partial charge in [0.25, 0.3) is 0 Å². The van der Waals surface area contributed by atoms with Crippen LogP contribution < -0.4 is 15.8 Å². The first-order valence-electron chi connectivity index (χ1n) is 6.62. The van der Waals surface area contributed by atoms with Crippen LogP contribution in [0.15, 0.2) is 12.1 Å². The van der Waals surface area contributed by atoms with E-state index in [0.717, 1.165) is 12.8 Å². The van der Waals surface area contributed by atoms with Gasteiger partial charge in [0.1, 0.15) is 11.6 Å². The largest absolute Gasteiger partial charge is 0.495 e. The summed E-state index contributed by atoms with van der Waals surface area (Å²) in [5.74, 6) is 0.0939. The molecule has 0 radical (unpaired) electrons. The van der Waals surface area contributed by atoms with E-state index in [1.54, 1.807) is 13.2 Å². The number of nitrogen functional groups attached to an aromatic ring is 1. The Hall–Kier alpha value is -1.53. The number of anilines is 2. The Balaban J connectivity index is 2.25. The SMILES string of the molecule is COCCOCCCCNc1cc(OC)c(N)cc1F. The fourth-order valence-corrected chi connectivity index (χ4v) is 1.68. The van der Waals surface area contributed by atoms with Crippen molar-refractivity contribution in [3.63, 3.8) is 0 Å². The van der Waals surface area contributed by atoms with Crippen LogP contribution in [0.5, 0.6) is 5.75 Å². The number of ether oxygens (including phenoxy) is 3. The predicted molar refractivity (Wildman–Crippen MR) is 77.8 cm³/mol. The molecule has 0 saturated carbocycles. The minimum atomic E-state index is -0.375. The van der Waals surface area contributed by atoms with Crippen molar-refractivity contribution in [3.05, 3.63) is 17.9 Å². The van der Waals surface area contributed by atoms with Crippen molar-refractivity contribution in [1.29, 1.82) is 0 Å². The highest BCUT2D eigenvalue weighted by Crippen LogP contribution is 2.28. The summed E-state index contributed by atoms with van der Waals surface area (Å²) in [6.45, 7) is 2.55. The lowest BCUT2D eigenvalue weighted by atomic mass is 10.2. The van der Waals surface area contributed by atoms with Gasteiger partial charge >= 0.3 is 0 Å². The Morgan fingerprint density at radius 2 is 1.95 bits per heavy atom. The summed E-state index contributed by atoms with van der Waals surface area (Å²) in [5, 5.41) is 3.03. The third kappa shape index (κ3) is 5.63. The van der Waals surface area contributed by atoms with Crippen LogP contribution in [0.4, 0.5) is 15.8 Å². The van der Waals surface area contributed by atoms with Gasteiger partial charge in [0, 0.05) is 32.4 Å². The van der Waals surface area contributed by atoms with Gasteiger partial charge in [0.2, 0.25) is 0 Å². The van der Waals surface area contributed by atoms with Crippen molar-refractivity contribution < 1.29 is 18.6 Å². The number of nitrogens with two attached hydrogens (primary N) is 1. The van der Waals surface area contributed by atoms with Crippen molar-refractivity contribution in [2.75, 3.05) is 51.6 Å². The molecule has 5 nitrogen and oxygen atoms in total. The van der Waals surface area contributed by atoms with Crippen LogP contribution in [0, 0.1) is 5.82 Å². The molecule has 0 aliphatic rings. The Bertz CT molecular complexity index is 402. The van der Waals surface area contributed by atoms with E-state index in [9.17, 15) is 4.39 Å². The summed E-state index contributed by atoms with van der Waals surface area (Å²) < 4.78 is 28.9. The second kappa shape index (κ2) is 9.39. The summed E-state index contributed by atoms with van der Waals surface area (Å²) in [5.41, 5.74) is 6.31. The number of hydrogen-bond donors (Lipinski definition) is 2. The lowest BCUT2D eigenvalue weighted by Gasteiger charge is -2.11. The molecular weight excluding hydrogens is 263 g/mol. The molecule has 6 heteroatoms. The molecule has 1 aromatic carbocycles. The number of rotatable bonds is 10. The van der Waals surface area contributed by atoms with Gasteiger partial charge in [-0.2, -0.15) is 0 Å². The maximum atomic E-state index is 13.6. The number of nitrogens with one attached hydrogen (secondary N) is 1. The summed E-state index contributed by atoms with van der Waals surface area (Å²) in [6.07, 6.45) is 1.80. The van der Waals surface area contributed by atoms with Crippen LogP contribution in [0.1, 0.15) is 12.8 Å². The molecule has 1 aromatic rings. The monoisotopic (exact) mass is 286 g/mol. The predicted octanol–water partition coefficient (Wildman–Crippen LogP) is 2.27. The van der Waals surface area contributed by atoms with E-state index < -0.39 is 0 Å². The average molecular weight is 286 g/mol. The van der Waals surface area contributed by atoms with Crippen molar-refractivity contribution in [1.82, 2.24) is 0 Å². The molecule has 3 N–H and O–H groups in total. The minimum Gasteiger partial charge on any atom is -0.495 e. The van der Waals surface area contributed by atoms with E-state index in [1.165, 1.54) is 13.2 Å². The first-order chi connectivity index (χ1) is 9.69. The number of unbranched alkanes of at least 4 members (excludes halogenated alkanes) is 1. The Morgan fingerprint density at radius 3 is 2.65 bits per heavy atom. The zero-order chi connectivity index (χ0) is 14.8. The third-order valence-corrected chi connectivity index (χ3v) is 2.78. The Kier molecular flexibility index (Phi) is 7.75. The molecule has 0 amide bonds. The van der Waals surface area contributed by atoms with E-state index in [0.29, 0.717) is 43.5 Å². The van der Waals surface area contributed by atoms with Gasteiger partial charge in [0.05, 0.1) is 31.7 Å². The highest BCUT2D eigenvalue weighted by molar-refractivity contribution is 5.62. The molecule has 0 atom stereocenters. The number of halogens is 1. The number of benzene rings is 1. The van der Waals surface area contributed by atoms with Crippen LogP contribution >= 0.6 is 0 Å². The molecule has 0 saturated heterocycles. The number of hydrogen-bond acceptors (Lipinski definition) is 5. The smallest absolute Gasteiger partial charge is 0.148 e. The van der Waals surface area contributed by atoms with Crippen LogP contribution in [-0.4, -0.2) is 40.6 Å². The van der Waals surface area contributed by atoms with E-state index >= 15 is 0 Å². The van der Waals surface area contributed by atoms with E-state index in [-0.39, 0.29) is 5.82 Å². The lowest BCUT2D eigenvalue weighted by Crippen LogP contribution is -2.07. The Labute approximate surface area is 119 Å². The van der Waals surface area contributed by atoms with Gasteiger partial charge < -0.3 is 25.3 Å². The summed E-state index contributed by atoms with van der Waals surface area (Å²) >= 11 is 0. The number of methoxy groups -OCH3 is 2. The van der Waals surface area contributed by atoms with Gasteiger partial charge in [-0.15, -0.1) is 0 Å². The fourth-order valence-electron chi connectivity index (χ4n) is 1.68. The molecule has 0 aliphatic carbocycles. The first kappa shape index (κ1) is 16.5. The molecule has 0 aromatic heterocycles. The molecule has 1 rings (SSSR count). The van der Waals surface area contributed by atoms with Crippen molar-refractivity contribution in [3.8, 4) is 5.75 Å². The molecule has 0 heterocycles. The van der Waals surface area contributed by atoms with E-state index in [1.807, 2.05) is 0 Å². The molecule has 0 fully saturated rings. The molecule has 20 heavy (non-hydrogen) atoms. The molecule has 0 aliphatic heterocycles. The van der Waals surface area contributed by atoms with Crippen molar-refractivity contribution >= 4 is 11.4 Å². The van der Waals surface area contributed by atoms with Crippen LogP contribution in [-0.2, 0) is 9.47 Å². The second-order valence-corrected chi connectivity index (χ2v) is 4.31. The average Bonchev–Trinajstić information content (AvgIpc) is 2.43. The van der Waals surface area contributed by atoms with Crippen LogP contribution in [0.25, 0.3) is 0 Å². The van der Waals surface area contributed by atoms with E-state index in [2.05, 4.69) is 5.32 Å². The minimum absolute atomic E-state index is 0.294. The zero-order valence-corrected chi connectivity index (χ0v) is 12.1. The highest BCUT2D eigenvalue weighted by Gasteiger charge is 2.07. The third-order valence-electron chi connectivity index (χ3n) is 2.78. The van der Waals surface area contributed by atoms with Gasteiger partial charge in [-0.1, -0.05) is 0 Å². The second-order valence-electron chi connectivity index (χ2n) is 4.31. The van der Waals surface area contributed by atoms with Gasteiger partial charge in [-0.05, 0) is 12.8 Å². The fraction of sp³-hybridized carbons (Fsp3) is 0.571. The maximum Gasteiger partial charge on any atom is 0.148 e. The van der Waals surface area contributed by atoms with Gasteiger partial charge in [-0.3, -0.25) is 0 Å². The molecule has 0 spiro atoms. The van der Waals surface area contributed by atoms with Crippen molar-refractivity contribution in [2.45, 2.75) is 12.8 Å². The topological polar surface area (TPSA) is 65.7 Å². The highest BCUT2D eigenvalue weighted by atomic mass is 19.1. The Morgan fingerprint density at radius 1 is 1.15 bits per heavy atom. The van der Waals surface area contributed by atoms with Gasteiger partial charge in [-0.25, -0.2) is 4.39 Å².